The fourth-order valence-electron chi connectivity index (χ4n) is 1.17. The molecule has 0 saturated carbocycles. The summed E-state index contributed by atoms with van der Waals surface area (Å²) >= 11 is 0. The molecule has 0 atom stereocenters. The van der Waals surface area contributed by atoms with E-state index in [0.717, 1.165) is 12.1 Å². The lowest BCUT2D eigenvalue weighted by atomic mass is 10.1. The molecule has 13 heavy (non-hydrogen) atoms. The number of aromatic hydroxyl groups is 1. The van der Waals surface area contributed by atoms with Crippen molar-refractivity contribution >= 4 is 0 Å². The number of rotatable bonds is 3. The topological polar surface area (TPSA) is 32.3 Å². The van der Waals surface area contributed by atoms with Gasteiger partial charge in [-0.15, -0.1) is 0 Å². The first-order valence-electron chi connectivity index (χ1n) is 4.61. The molecule has 0 bridgehead atoms. The van der Waals surface area contributed by atoms with Crippen LogP contribution >= 0.6 is 0 Å². The van der Waals surface area contributed by atoms with Gasteiger partial charge in [0.2, 0.25) is 0 Å². The minimum atomic E-state index is 0.374. The van der Waals surface area contributed by atoms with Gasteiger partial charge in [-0.3, -0.25) is 0 Å². The lowest BCUT2D eigenvalue weighted by Gasteiger charge is -2.09. The van der Waals surface area contributed by atoms with Crippen molar-refractivity contribution in [2.75, 3.05) is 0 Å². The Hall–Kier alpha value is -1.02. The smallest absolute Gasteiger partial charge is 0.120 e. The summed E-state index contributed by atoms with van der Waals surface area (Å²) in [6, 6.07) is 6.10. The van der Waals surface area contributed by atoms with Gasteiger partial charge >= 0.3 is 0 Å². The van der Waals surface area contributed by atoms with Gasteiger partial charge in [-0.1, -0.05) is 31.5 Å². The first-order chi connectivity index (χ1) is 6.09. The molecule has 0 aromatic heterocycles. The van der Waals surface area contributed by atoms with E-state index >= 15 is 0 Å². The molecule has 2 nitrogen and oxygen atoms in total. The van der Waals surface area contributed by atoms with Crippen LogP contribution in [-0.4, -0.2) is 11.1 Å². The number of aryl methyl sites for hydroxylation is 1. The van der Waals surface area contributed by atoms with Crippen molar-refractivity contribution in [3.05, 3.63) is 29.3 Å². The van der Waals surface area contributed by atoms with Crippen molar-refractivity contribution in [1.82, 2.24) is 5.32 Å². The zero-order valence-corrected chi connectivity index (χ0v) is 8.46. The van der Waals surface area contributed by atoms with Crippen LogP contribution in [-0.2, 0) is 6.54 Å². The van der Waals surface area contributed by atoms with Crippen molar-refractivity contribution in [2.24, 2.45) is 0 Å². The molecule has 1 rings (SSSR count). The SMILES string of the molecule is Cc1ccc(O)c(CNC(C)C)c1. The Balaban J connectivity index is 2.70. The number of hydrogen-bond donors (Lipinski definition) is 2. The third kappa shape index (κ3) is 3.07. The van der Waals surface area contributed by atoms with Crippen molar-refractivity contribution in [2.45, 2.75) is 33.4 Å². The first kappa shape index (κ1) is 10.1. The van der Waals surface area contributed by atoms with Gasteiger partial charge in [-0.05, 0) is 13.0 Å². The summed E-state index contributed by atoms with van der Waals surface area (Å²) in [7, 11) is 0. The van der Waals surface area contributed by atoms with Crippen LogP contribution in [0.2, 0.25) is 0 Å². The van der Waals surface area contributed by atoms with Gasteiger partial charge in [0.1, 0.15) is 5.75 Å². The highest BCUT2D eigenvalue weighted by molar-refractivity contribution is 5.35. The van der Waals surface area contributed by atoms with Gasteiger partial charge in [-0.25, -0.2) is 0 Å². The molecule has 2 N–H and O–H groups in total. The molecule has 0 spiro atoms. The Morgan fingerprint density at radius 3 is 2.69 bits per heavy atom. The second kappa shape index (κ2) is 4.28. The second-order valence-electron chi connectivity index (χ2n) is 3.67. The molecule has 0 aliphatic rings. The molecule has 0 aliphatic carbocycles. The summed E-state index contributed by atoms with van der Waals surface area (Å²) in [6.45, 7) is 6.93. The van der Waals surface area contributed by atoms with Crippen molar-refractivity contribution in [3.8, 4) is 5.75 Å². The van der Waals surface area contributed by atoms with E-state index in [1.807, 2.05) is 19.1 Å². The molecule has 0 saturated heterocycles. The lowest BCUT2D eigenvalue weighted by molar-refractivity contribution is 0.461. The van der Waals surface area contributed by atoms with Crippen LogP contribution in [0.3, 0.4) is 0 Å². The summed E-state index contributed by atoms with van der Waals surface area (Å²) in [5, 5.41) is 12.8. The Bertz CT molecular complexity index is 281. The molecule has 1 aromatic carbocycles. The highest BCUT2D eigenvalue weighted by atomic mass is 16.3. The van der Waals surface area contributed by atoms with Crippen LogP contribution < -0.4 is 5.32 Å². The van der Waals surface area contributed by atoms with E-state index in [4.69, 9.17) is 0 Å². The first-order valence-corrected chi connectivity index (χ1v) is 4.61. The zero-order valence-electron chi connectivity index (χ0n) is 8.46. The lowest BCUT2D eigenvalue weighted by Crippen LogP contribution is -2.21. The van der Waals surface area contributed by atoms with Gasteiger partial charge in [-0.2, -0.15) is 0 Å². The van der Waals surface area contributed by atoms with Crippen LogP contribution in [0.4, 0.5) is 0 Å². The standard InChI is InChI=1S/C11H17NO/c1-8(2)12-7-10-6-9(3)4-5-11(10)13/h4-6,8,12-13H,7H2,1-3H3. The monoisotopic (exact) mass is 179 g/mol. The van der Waals surface area contributed by atoms with Gasteiger partial charge in [0, 0.05) is 18.2 Å². The average molecular weight is 179 g/mol. The average Bonchev–Trinajstić information content (AvgIpc) is 2.06. The van der Waals surface area contributed by atoms with E-state index in [1.165, 1.54) is 5.56 Å². The number of phenols is 1. The zero-order chi connectivity index (χ0) is 9.84. The van der Waals surface area contributed by atoms with Gasteiger partial charge in [0.15, 0.2) is 0 Å². The van der Waals surface area contributed by atoms with Crippen LogP contribution in [0.5, 0.6) is 5.75 Å². The van der Waals surface area contributed by atoms with Crippen LogP contribution in [0.15, 0.2) is 18.2 Å². The van der Waals surface area contributed by atoms with Crippen molar-refractivity contribution in [1.29, 1.82) is 0 Å². The van der Waals surface area contributed by atoms with Crippen LogP contribution in [0, 0.1) is 6.92 Å². The van der Waals surface area contributed by atoms with E-state index in [2.05, 4.69) is 19.2 Å². The third-order valence-electron chi connectivity index (χ3n) is 1.94. The largest absolute Gasteiger partial charge is 0.508 e. The van der Waals surface area contributed by atoms with Gasteiger partial charge in [0.25, 0.3) is 0 Å². The molecular weight excluding hydrogens is 162 g/mol. The van der Waals surface area contributed by atoms with Crippen LogP contribution in [0.25, 0.3) is 0 Å². The van der Waals surface area contributed by atoms with E-state index in [1.54, 1.807) is 6.07 Å². The molecule has 1 aromatic rings. The highest BCUT2D eigenvalue weighted by Crippen LogP contribution is 2.17. The fraction of sp³-hybridized carbons (Fsp3) is 0.455. The van der Waals surface area contributed by atoms with Crippen molar-refractivity contribution in [3.63, 3.8) is 0 Å². The predicted octanol–water partition coefficient (Wildman–Crippen LogP) is 2.20. The van der Waals surface area contributed by atoms with E-state index in [-0.39, 0.29) is 0 Å². The van der Waals surface area contributed by atoms with Gasteiger partial charge in [0.05, 0.1) is 0 Å². The number of nitrogens with one attached hydrogen (secondary N) is 1. The molecule has 0 aliphatic heterocycles. The molecule has 2 heteroatoms. The Labute approximate surface area is 79.6 Å². The minimum Gasteiger partial charge on any atom is -0.508 e. The maximum atomic E-state index is 9.51. The molecule has 0 unspecified atom stereocenters. The number of phenolic OH excluding ortho intramolecular Hbond substituents is 1. The molecule has 0 heterocycles. The fourth-order valence-corrected chi connectivity index (χ4v) is 1.17. The minimum absolute atomic E-state index is 0.374. The third-order valence-corrected chi connectivity index (χ3v) is 1.94. The Morgan fingerprint density at radius 2 is 2.08 bits per heavy atom. The molecule has 0 radical (unpaired) electrons. The van der Waals surface area contributed by atoms with E-state index in [9.17, 15) is 5.11 Å². The quantitative estimate of drug-likeness (QED) is 0.745. The van der Waals surface area contributed by atoms with Crippen molar-refractivity contribution < 1.29 is 5.11 Å². The maximum Gasteiger partial charge on any atom is 0.120 e. The molecule has 72 valence electrons. The molecule has 0 amide bonds. The Morgan fingerprint density at radius 1 is 1.38 bits per heavy atom. The summed E-state index contributed by atoms with van der Waals surface area (Å²) in [5.41, 5.74) is 2.15. The number of hydrogen-bond acceptors (Lipinski definition) is 2. The van der Waals surface area contributed by atoms with Gasteiger partial charge < -0.3 is 10.4 Å². The predicted molar refractivity (Wildman–Crippen MR) is 54.8 cm³/mol. The van der Waals surface area contributed by atoms with Crippen LogP contribution in [0.1, 0.15) is 25.0 Å². The summed E-state index contributed by atoms with van der Waals surface area (Å²) in [5.74, 6) is 0.374. The Kier molecular flexibility index (Phi) is 3.32. The van der Waals surface area contributed by atoms with E-state index in [0.29, 0.717) is 11.8 Å². The highest BCUT2D eigenvalue weighted by Gasteiger charge is 2.01. The maximum absolute atomic E-state index is 9.51. The normalized spacial score (nSPS) is 10.8. The molecule has 0 fully saturated rings. The summed E-state index contributed by atoms with van der Waals surface area (Å²) in [6.07, 6.45) is 0. The number of benzene rings is 1. The summed E-state index contributed by atoms with van der Waals surface area (Å²) in [4.78, 5) is 0. The van der Waals surface area contributed by atoms with E-state index < -0.39 is 0 Å². The molecular formula is C11H17NO. The second-order valence-corrected chi connectivity index (χ2v) is 3.67. The summed E-state index contributed by atoms with van der Waals surface area (Å²) < 4.78 is 0.